The van der Waals surface area contributed by atoms with Gasteiger partial charge in [0.1, 0.15) is 11.3 Å². The lowest BCUT2D eigenvalue weighted by molar-refractivity contribution is 0.267. The molecule has 108 valence electrons. The summed E-state index contributed by atoms with van der Waals surface area (Å²) in [5.41, 5.74) is 9.10. The third-order valence-electron chi connectivity index (χ3n) is 3.38. The second-order valence-electron chi connectivity index (χ2n) is 5.32. The Morgan fingerprint density at radius 3 is 2.76 bits per heavy atom. The quantitative estimate of drug-likeness (QED) is 0.731. The molecular weight excluding hydrogens is 264 g/mol. The Balaban J connectivity index is 1.77. The van der Waals surface area contributed by atoms with Gasteiger partial charge in [0.05, 0.1) is 5.69 Å². The van der Waals surface area contributed by atoms with Gasteiger partial charge in [0.15, 0.2) is 12.2 Å². The number of rotatable bonds is 4. The third-order valence-corrected chi connectivity index (χ3v) is 3.38. The lowest BCUT2D eigenvalue weighted by Gasteiger charge is -2.08. The van der Waals surface area contributed by atoms with Gasteiger partial charge < -0.3 is 14.9 Å². The zero-order valence-electron chi connectivity index (χ0n) is 12.2. The number of ether oxygens (including phenoxy) is 1. The maximum absolute atomic E-state index is 5.87. The van der Waals surface area contributed by atoms with Crippen molar-refractivity contribution < 1.29 is 9.15 Å². The molecule has 4 nitrogen and oxygen atoms in total. The number of nitrogens with two attached hydrogens (primary N) is 1. The number of hydrogen-bond donors (Lipinski definition) is 1. The molecular formula is C17H18N2O2. The van der Waals surface area contributed by atoms with Crippen molar-refractivity contribution in [1.29, 1.82) is 0 Å². The van der Waals surface area contributed by atoms with Crippen molar-refractivity contribution >= 4 is 16.8 Å². The molecule has 0 atom stereocenters. The molecule has 0 amide bonds. The Morgan fingerprint density at radius 1 is 1.19 bits per heavy atom. The van der Waals surface area contributed by atoms with Crippen molar-refractivity contribution in [1.82, 2.24) is 4.98 Å². The fraction of sp³-hybridized carbons (Fsp3) is 0.235. The molecule has 4 heteroatoms. The van der Waals surface area contributed by atoms with Crippen LogP contribution in [-0.2, 0) is 6.61 Å². The molecule has 0 radical (unpaired) electrons. The average Bonchev–Trinajstić information content (AvgIpc) is 2.90. The van der Waals surface area contributed by atoms with Crippen LogP contribution in [0.1, 0.15) is 31.2 Å². The predicted molar refractivity (Wildman–Crippen MR) is 83.3 cm³/mol. The topological polar surface area (TPSA) is 61.3 Å². The minimum absolute atomic E-state index is 0.287. The van der Waals surface area contributed by atoms with Gasteiger partial charge >= 0.3 is 0 Å². The summed E-state index contributed by atoms with van der Waals surface area (Å²) in [6.07, 6.45) is 0. The van der Waals surface area contributed by atoms with Crippen molar-refractivity contribution in [3.05, 3.63) is 53.9 Å². The highest BCUT2D eigenvalue weighted by molar-refractivity contribution is 5.85. The first-order valence-electron chi connectivity index (χ1n) is 7.00. The van der Waals surface area contributed by atoms with Crippen LogP contribution in [0.4, 0.5) is 5.69 Å². The van der Waals surface area contributed by atoms with Gasteiger partial charge in [-0.2, -0.15) is 0 Å². The van der Waals surface area contributed by atoms with Crippen LogP contribution in [0.2, 0.25) is 0 Å². The fourth-order valence-electron chi connectivity index (χ4n) is 2.19. The van der Waals surface area contributed by atoms with Crippen molar-refractivity contribution in [3.8, 4) is 5.75 Å². The largest absolute Gasteiger partial charge is 0.484 e. The number of nitrogen functional groups attached to an aromatic ring is 1. The molecule has 1 heterocycles. The number of fused-ring (bicyclic) bond motifs is 1. The zero-order chi connectivity index (χ0) is 14.8. The van der Waals surface area contributed by atoms with Gasteiger partial charge in [-0.25, -0.2) is 4.98 Å². The number of anilines is 1. The van der Waals surface area contributed by atoms with E-state index < -0.39 is 0 Å². The molecule has 0 fully saturated rings. The summed E-state index contributed by atoms with van der Waals surface area (Å²) >= 11 is 0. The van der Waals surface area contributed by atoms with Crippen molar-refractivity contribution in [2.75, 3.05) is 5.73 Å². The molecule has 2 N–H and O–H groups in total. The van der Waals surface area contributed by atoms with E-state index in [0.717, 1.165) is 5.75 Å². The second-order valence-corrected chi connectivity index (χ2v) is 5.32. The number of aromatic nitrogens is 1. The van der Waals surface area contributed by atoms with E-state index in [-0.39, 0.29) is 6.61 Å². The lowest BCUT2D eigenvalue weighted by Crippen LogP contribution is -1.97. The summed E-state index contributed by atoms with van der Waals surface area (Å²) in [6, 6.07) is 13.6. The molecule has 0 bridgehead atoms. The Morgan fingerprint density at radius 2 is 2.00 bits per heavy atom. The van der Waals surface area contributed by atoms with Gasteiger partial charge in [-0.15, -0.1) is 0 Å². The van der Waals surface area contributed by atoms with Crippen molar-refractivity contribution in [2.24, 2.45) is 0 Å². The summed E-state index contributed by atoms with van der Waals surface area (Å²) in [6.45, 7) is 4.60. The molecule has 1 aromatic heterocycles. The van der Waals surface area contributed by atoms with E-state index in [2.05, 4.69) is 24.9 Å². The number of hydrogen-bond acceptors (Lipinski definition) is 4. The second kappa shape index (κ2) is 5.48. The zero-order valence-corrected chi connectivity index (χ0v) is 12.2. The molecule has 2 aromatic carbocycles. The third kappa shape index (κ3) is 2.84. The first kappa shape index (κ1) is 13.5. The van der Waals surface area contributed by atoms with Crippen LogP contribution >= 0.6 is 0 Å². The van der Waals surface area contributed by atoms with E-state index in [1.165, 1.54) is 5.56 Å². The highest BCUT2D eigenvalue weighted by atomic mass is 16.5. The highest BCUT2D eigenvalue weighted by Crippen LogP contribution is 2.23. The van der Waals surface area contributed by atoms with Crippen LogP contribution in [-0.4, -0.2) is 4.98 Å². The molecule has 0 aliphatic heterocycles. The van der Waals surface area contributed by atoms with Gasteiger partial charge in [0, 0.05) is 0 Å². The number of benzene rings is 2. The summed E-state index contributed by atoms with van der Waals surface area (Å²) in [4.78, 5) is 4.37. The maximum Gasteiger partial charge on any atom is 0.233 e. The van der Waals surface area contributed by atoms with Gasteiger partial charge in [-0.3, -0.25) is 0 Å². The molecule has 0 spiro atoms. The van der Waals surface area contributed by atoms with Gasteiger partial charge in [0.25, 0.3) is 0 Å². The van der Waals surface area contributed by atoms with E-state index in [9.17, 15) is 0 Å². The van der Waals surface area contributed by atoms with Gasteiger partial charge in [0.2, 0.25) is 5.89 Å². The maximum atomic E-state index is 5.87. The van der Waals surface area contributed by atoms with Crippen LogP contribution in [0, 0.1) is 0 Å². The van der Waals surface area contributed by atoms with Gasteiger partial charge in [-0.05, 0) is 35.7 Å². The standard InChI is InChI=1S/C17H18N2O2/c1-11(2)12-5-3-6-13(9-12)20-10-16-19-17-14(18)7-4-8-15(17)21-16/h3-9,11H,10,18H2,1-2H3. The normalized spacial score (nSPS) is 11.2. The van der Waals surface area contributed by atoms with E-state index in [0.29, 0.717) is 28.6 Å². The average molecular weight is 282 g/mol. The monoisotopic (exact) mass is 282 g/mol. The molecule has 0 aliphatic rings. The molecule has 0 saturated heterocycles. The first-order valence-corrected chi connectivity index (χ1v) is 7.00. The summed E-state index contributed by atoms with van der Waals surface area (Å²) in [5.74, 6) is 1.81. The highest BCUT2D eigenvalue weighted by Gasteiger charge is 2.09. The van der Waals surface area contributed by atoms with E-state index in [1.54, 1.807) is 0 Å². The number of nitrogens with zero attached hydrogens (tertiary/aromatic N) is 1. The molecule has 3 rings (SSSR count). The Labute approximate surface area is 123 Å². The van der Waals surface area contributed by atoms with Crippen molar-refractivity contribution in [3.63, 3.8) is 0 Å². The number of para-hydroxylation sites is 1. The van der Waals surface area contributed by atoms with E-state index >= 15 is 0 Å². The van der Waals surface area contributed by atoms with Crippen LogP contribution in [0.5, 0.6) is 5.75 Å². The smallest absolute Gasteiger partial charge is 0.233 e. The van der Waals surface area contributed by atoms with Crippen LogP contribution < -0.4 is 10.5 Å². The van der Waals surface area contributed by atoms with Crippen LogP contribution in [0.3, 0.4) is 0 Å². The van der Waals surface area contributed by atoms with E-state index in [4.69, 9.17) is 14.9 Å². The summed E-state index contributed by atoms with van der Waals surface area (Å²) in [5, 5.41) is 0. The van der Waals surface area contributed by atoms with E-state index in [1.807, 2.05) is 36.4 Å². The SMILES string of the molecule is CC(C)c1cccc(OCc2nc3c(N)cccc3o2)c1. The lowest BCUT2D eigenvalue weighted by atomic mass is 10.0. The Hall–Kier alpha value is -2.49. The summed E-state index contributed by atoms with van der Waals surface area (Å²) in [7, 11) is 0. The van der Waals surface area contributed by atoms with Crippen LogP contribution in [0.25, 0.3) is 11.1 Å². The molecule has 21 heavy (non-hydrogen) atoms. The molecule has 0 unspecified atom stereocenters. The molecule has 3 aromatic rings. The Bertz CT molecular complexity index is 762. The number of oxazole rings is 1. The Kier molecular flexibility index (Phi) is 3.52. The first-order chi connectivity index (χ1) is 10.1. The van der Waals surface area contributed by atoms with Gasteiger partial charge in [-0.1, -0.05) is 32.0 Å². The fourth-order valence-corrected chi connectivity index (χ4v) is 2.19. The minimum atomic E-state index is 0.287. The van der Waals surface area contributed by atoms with Crippen molar-refractivity contribution in [2.45, 2.75) is 26.4 Å². The molecule has 0 aliphatic carbocycles. The molecule has 0 saturated carbocycles. The predicted octanol–water partition coefficient (Wildman–Crippen LogP) is 4.11. The summed E-state index contributed by atoms with van der Waals surface area (Å²) < 4.78 is 11.4. The minimum Gasteiger partial charge on any atom is -0.484 e. The van der Waals surface area contributed by atoms with Crippen LogP contribution in [0.15, 0.2) is 46.9 Å².